The Hall–Kier alpha value is -2.86. The molecule has 1 aromatic rings. The summed E-state index contributed by atoms with van der Waals surface area (Å²) in [6.45, 7) is -0.0789. The lowest BCUT2D eigenvalue weighted by Crippen LogP contribution is -2.31. The molecule has 1 aromatic carbocycles. The second-order valence-corrected chi connectivity index (χ2v) is 3.99. The third-order valence-electron chi connectivity index (χ3n) is 2.56. The van der Waals surface area contributed by atoms with Crippen molar-refractivity contribution in [1.82, 2.24) is 4.90 Å². The van der Waals surface area contributed by atoms with Crippen LogP contribution in [0.3, 0.4) is 0 Å². The van der Waals surface area contributed by atoms with Crippen molar-refractivity contribution in [3.05, 3.63) is 35.4 Å². The van der Waals surface area contributed by atoms with Gasteiger partial charge in [0.2, 0.25) is 0 Å². The Morgan fingerprint density at radius 1 is 1.25 bits per heavy atom. The van der Waals surface area contributed by atoms with Gasteiger partial charge in [0.25, 0.3) is 5.91 Å². The molecular formula is C14H13N3O3. The summed E-state index contributed by atoms with van der Waals surface area (Å²) in [5, 5.41) is 17.0. The Morgan fingerprint density at radius 2 is 1.90 bits per heavy atom. The number of rotatable bonds is 5. The number of nitriles is 2. The molecule has 1 rings (SSSR count). The average molecular weight is 271 g/mol. The number of hydrogen-bond donors (Lipinski definition) is 0. The van der Waals surface area contributed by atoms with E-state index in [1.807, 2.05) is 12.1 Å². The van der Waals surface area contributed by atoms with Crippen LogP contribution in [-0.2, 0) is 9.53 Å². The number of likely N-dealkylation sites (N-methyl/N-ethyl adjacent to an activating group) is 1. The second kappa shape index (κ2) is 7.55. The zero-order valence-corrected chi connectivity index (χ0v) is 11.0. The van der Waals surface area contributed by atoms with E-state index in [-0.39, 0.29) is 24.5 Å². The number of amides is 1. The van der Waals surface area contributed by atoms with Crippen LogP contribution in [0.4, 0.5) is 0 Å². The molecule has 0 aromatic heterocycles. The summed E-state index contributed by atoms with van der Waals surface area (Å²) in [5.41, 5.74) is 0.713. The summed E-state index contributed by atoms with van der Waals surface area (Å²) in [5.74, 6) is -1.00. The van der Waals surface area contributed by atoms with Crippen molar-refractivity contribution >= 4 is 11.9 Å². The zero-order valence-electron chi connectivity index (χ0n) is 11.0. The minimum absolute atomic E-state index is 0.228. The van der Waals surface area contributed by atoms with E-state index in [0.29, 0.717) is 12.1 Å². The van der Waals surface area contributed by atoms with Crippen molar-refractivity contribution in [2.75, 3.05) is 20.2 Å². The molecule has 102 valence electrons. The summed E-state index contributed by atoms with van der Waals surface area (Å²) >= 11 is 0. The first-order valence-electron chi connectivity index (χ1n) is 5.86. The molecule has 0 saturated heterocycles. The Balaban J connectivity index is 2.48. The summed E-state index contributed by atoms with van der Waals surface area (Å²) in [4.78, 5) is 24.6. The standard InChI is InChI=1S/C14H13N3O3/c1-17(8-2-7-15)13(18)10-20-14(19)12-5-3-11(9-16)4-6-12/h3-6H,2,8,10H2,1H3. The smallest absolute Gasteiger partial charge is 0.338 e. The molecule has 6 heteroatoms. The molecule has 0 N–H and O–H groups in total. The third kappa shape index (κ3) is 4.43. The molecule has 1 amide bonds. The SMILES string of the molecule is CN(CCC#N)C(=O)COC(=O)c1ccc(C#N)cc1. The normalized spacial score (nSPS) is 9.15. The summed E-state index contributed by atoms with van der Waals surface area (Å²) in [6.07, 6.45) is 0.228. The van der Waals surface area contributed by atoms with Gasteiger partial charge in [0.15, 0.2) is 6.61 Å². The van der Waals surface area contributed by atoms with Crippen LogP contribution in [0, 0.1) is 22.7 Å². The van der Waals surface area contributed by atoms with E-state index in [9.17, 15) is 9.59 Å². The zero-order chi connectivity index (χ0) is 15.0. The molecule has 0 radical (unpaired) electrons. The van der Waals surface area contributed by atoms with Crippen LogP contribution in [0.2, 0.25) is 0 Å². The molecular weight excluding hydrogens is 258 g/mol. The van der Waals surface area contributed by atoms with E-state index in [1.54, 1.807) is 0 Å². The first-order valence-corrected chi connectivity index (χ1v) is 5.86. The predicted octanol–water partition coefficient (Wildman–Crippen LogP) is 1.09. The maximum absolute atomic E-state index is 11.7. The molecule has 0 atom stereocenters. The van der Waals surface area contributed by atoms with Gasteiger partial charge in [-0.15, -0.1) is 0 Å². The van der Waals surface area contributed by atoms with Crippen LogP contribution in [0.5, 0.6) is 0 Å². The van der Waals surface area contributed by atoms with Gasteiger partial charge in [0.05, 0.1) is 29.7 Å². The molecule has 0 aliphatic rings. The Kier molecular flexibility index (Phi) is 5.74. The molecule has 0 spiro atoms. The Morgan fingerprint density at radius 3 is 2.45 bits per heavy atom. The van der Waals surface area contributed by atoms with E-state index in [4.69, 9.17) is 15.3 Å². The van der Waals surface area contributed by atoms with E-state index >= 15 is 0 Å². The summed E-state index contributed by atoms with van der Waals surface area (Å²) in [7, 11) is 1.54. The minimum atomic E-state index is -0.628. The van der Waals surface area contributed by atoms with Crippen LogP contribution in [0.15, 0.2) is 24.3 Å². The molecule has 0 aliphatic carbocycles. The van der Waals surface area contributed by atoms with Crippen molar-refractivity contribution < 1.29 is 14.3 Å². The van der Waals surface area contributed by atoms with Crippen LogP contribution in [0.25, 0.3) is 0 Å². The number of hydrogen-bond acceptors (Lipinski definition) is 5. The molecule has 0 bridgehead atoms. The summed E-state index contributed by atoms with van der Waals surface area (Å²) < 4.78 is 4.87. The van der Waals surface area contributed by atoms with E-state index < -0.39 is 5.97 Å². The third-order valence-corrected chi connectivity index (χ3v) is 2.56. The lowest BCUT2D eigenvalue weighted by molar-refractivity contribution is -0.133. The number of benzene rings is 1. The lowest BCUT2D eigenvalue weighted by Gasteiger charge is -2.15. The molecule has 0 fully saturated rings. The van der Waals surface area contributed by atoms with E-state index in [0.717, 1.165) is 0 Å². The monoisotopic (exact) mass is 271 g/mol. The van der Waals surface area contributed by atoms with Crippen molar-refractivity contribution in [2.24, 2.45) is 0 Å². The van der Waals surface area contributed by atoms with Crippen molar-refractivity contribution in [3.63, 3.8) is 0 Å². The van der Waals surface area contributed by atoms with Crippen LogP contribution in [0.1, 0.15) is 22.3 Å². The number of nitrogens with zero attached hydrogens (tertiary/aromatic N) is 3. The lowest BCUT2D eigenvalue weighted by atomic mass is 10.1. The van der Waals surface area contributed by atoms with Gasteiger partial charge in [0.1, 0.15) is 0 Å². The van der Waals surface area contributed by atoms with Gasteiger partial charge < -0.3 is 9.64 Å². The molecule has 0 heterocycles. The maximum atomic E-state index is 11.7. The number of ether oxygens (including phenoxy) is 1. The molecule has 20 heavy (non-hydrogen) atoms. The number of esters is 1. The second-order valence-electron chi connectivity index (χ2n) is 3.99. The highest BCUT2D eigenvalue weighted by Gasteiger charge is 2.13. The van der Waals surface area contributed by atoms with Crippen LogP contribution >= 0.6 is 0 Å². The van der Waals surface area contributed by atoms with Crippen molar-refractivity contribution in [2.45, 2.75) is 6.42 Å². The van der Waals surface area contributed by atoms with E-state index in [2.05, 4.69) is 0 Å². The number of carbonyl (C=O) groups excluding carboxylic acids is 2. The maximum Gasteiger partial charge on any atom is 0.338 e. The Labute approximate surface area is 116 Å². The first-order chi connectivity index (χ1) is 9.58. The highest BCUT2D eigenvalue weighted by molar-refractivity contribution is 5.91. The van der Waals surface area contributed by atoms with Crippen LogP contribution in [-0.4, -0.2) is 37.0 Å². The van der Waals surface area contributed by atoms with Gasteiger partial charge in [-0.05, 0) is 24.3 Å². The van der Waals surface area contributed by atoms with Gasteiger partial charge >= 0.3 is 5.97 Å². The fourth-order valence-corrected chi connectivity index (χ4v) is 1.34. The number of carbonyl (C=O) groups is 2. The highest BCUT2D eigenvalue weighted by atomic mass is 16.5. The molecule has 0 aliphatic heterocycles. The van der Waals surface area contributed by atoms with Crippen molar-refractivity contribution in [1.29, 1.82) is 10.5 Å². The minimum Gasteiger partial charge on any atom is -0.452 e. The fraction of sp³-hybridized carbons (Fsp3) is 0.286. The molecule has 0 unspecified atom stereocenters. The molecule has 0 saturated carbocycles. The van der Waals surface area contributed by atoms with Gasteiger partial charge in [-0.25, -0.2) is 4.79 Å². The summed E-state index contributed by atoms with van der Waals surface area (Å²) in [6, 6.07) is 9.79. The predicted molar refractivity (Wildman–Crippen MR) is 69.3 cm³/mol. The molecule has 6 nitrogen and oxygen atoms in total. The topological polar surface area (TPSA) is 94.2 Å². The quantitative estimate of drug-likeness (QED) is 0.747. The Bertz CT molecular complexity index is 567. The highest BCUT2D eigenvalue weighted by Crippen LogP contribution is 2.05. The van der Waals surface area contributed by atoms with Gasteiger partial charge in [0, 0.05) is 13.6 Å². The average Bonchev–Trinajstić information content (AvgIpc) is 2.49. The van der Waals surface area contributed by atoms with Gasteiger partial charge in [-0.1, -0.05) is 0 Å². The van der Waals surface area contributed by atoms with Gasteiger partial charge in [-0.2, -0.15) is 10.5 Å². The van der Waals surface area contributed by atoms with Gasteiger partial charge in [-0.3, -0.25) is 4.79 Å². The largest absolute Gasteiger partial charge is 0.452 e. The van der Waals surface area contributed by atoms with Crippen molar-refractivity contribution in [3.8, 4) is 12.1 Å². The fourth-order valence-electron chi connectivity index (χ4n) is 1.34. The van der Waals surface area contributed by atoms with E-state index in [1.165, 1.54) is 36.2 Å². The van der Waals surface area contributed by atoms with Crippen LogP contribution < -0.4 is 0 Å². The first kappa shape index (κ1) is 15.2.